The third kappa shape index (κ3) is 3.83. The van der Waals surface area contributed by atoms with Crippen LogP contribution in [-0.2, 0) is 9.47 Å². The zero-order chi connectivity index (χ0) is 13.7. The molecule has 0 spiro atoms. The summed E-state index contributed by atoms with van der Waals surface area (Å²) in [7, 11) is 0. The average molecular weight is 285 g/mol. The van der Waals surface area contributed by atoms with E-state index >= 15 is 0 Å². The van der Waals surface area contributed by atoms with E-state index in [4.69, 9.17) is 26.8 Å². The number of nitrogens with two attached hydrogens (primary N) is 1. The molecule has 1 aliphatic heterocycles. The molecule has 0 atom stereocenters. The molecule has 0 bridgehead atoms. The minimum atomic E-state index is -0.439. The fraction of sp³-hybridized carbons (Fsp3) is 0.462. The van der Waals surface area contributed by atoms with Crippen LogP contribution in [0.1, 0.15) is 10.4 Å². The monoisotopic (exact) mass is 284 g/mol. The average Bonchev–Trinajstić information content (AvgIpc) is 2.43. The van der Waals surface area contributed by atoms with Crippen molar-refractivity contribution in [2.45, 2.75) is 0 Å². The summed E-state index contributed by atoms with van der Waals surface area (Å²) in [5.74, 6) is -0.439. The van der Waals surface area contributed by atoms with Crippen molar-refractivity contribution < 1.29 is 14.3 Å². The van der Waals surface area contributed by atoms with Crippen molar-refractivity contribution in [3.05, 3.63) is 28.8 Å². The molecular weight excluding hydrogens is 268 g/mol. The van der Waals surface area contributed by atoms with Gasteiger partial charge >= 0.3 is 5.97 Å². The van der Waals surface area contributed by atoms with Gasteiger partial charge in [0, 0.05) is 19.6 Å². The standard InChI is InChI=1S/C13H17ClN2O3/c14-12-10(2-1-3-11(12)15)13(17)19-9-6-16-4-7-18-8-5-16/h1-3H,4-9,15H2. The van der Waals surface area contributed by atoms with Gasteiger partial charge in [0.25, 0.3) is 0 Å². The van der Waals surface area contributed by atoms with E-state index in [9.17, 15) is 4.79 Å². The number of ether oxygens (including phenoxy) is 2. The Kier molecular flexibility index (Phi) is 5.01. The smallest absolute Gasteiger partial charge is 0.339 e. The molecule has 104 valence electrons. The van der Waals surface area contributed by atoms with Crippen molar-refractivity contribution in [3.63, 3.8) is 0 Å². The van der Waals surface area contributed by atoms with Crippen LogP contribution in [0.4, 0.5) is 5.69 Å². The molecular formula is C13H17ClN2O3. The molecule has 0 unspecified atom stereocenters. The molecule has 1 aromatic rings. The highest BCUT2D eigenvalue weighted by atomic mass is 35.5. The maximum atomic E-state index is 11.9. The summed E-state index contributed by atoms with van der Waals surface area (Å²) >= 11 is 5.96. The third-order valence-corrected chi connectivity index (χ3v) is 3.41. The molecule has 0 radical (unpaired) electrons. The number of esters is 1. The van der Waals surface area contributed by atoms with Crippen molar-refractivity contribution in [2.24, 2.45) is 0 Å². The van der Waals surface area contributed by atoms with Crippen LogP contribution in [0.15, 0.2) is 18.2 Å². The molecule has 1 fully saturated rings. The Bertz CT molecular complexity index is 448. The first-order valence-electron chi connectivity index (χ1n) is 6.19. The molecule has 1 heterocycles. The number of hydrogen-bond acceptors (Lipinski definition) is 5. The van der Waals surface area contributed by atoms with E-state index in [1.165, 1.54) is 0 Å². The zero-order valence-electron chi connectivity index (χ0n) is 10.6. The Labute approximate surface area is 117 Å². The molecule has 2 N–H and O–H groups in total. The Balaban J connectivity index is 1.82. The lowest BCUT2D eigenvalue weighted by Crippen LogP contribution is -2.38. The van der Waals surface area contributed by atoms with Crippen LogP contribution >= 0.6 is 11.6 Å². The molecule has 0 amide bonds. The molecule has 1 aromatic carbocycles. The van der Waals surface area contributed by atoms with Gasteiger partial charge in [-0.3, -0.25) is 4.90 Å². The van der Waals surface area contributed by atoms with Crippen molar-refractivity contribution in [1.29, 1.82) is 0 Å². The highest BCUT2D eigenvalue weighted by Crippen LogP contribution is 2.23. The number of nitrogens with zero attached hydrogens (tertiary/aromatic N) is 1. The summed E-state index contributed by atoms with van der Waals surface area (Å²) in [6.07, 6.45) is 0. The predicted octanol–water partition coefficient (Wildman–Crippen LogP) is 1.41. The number of nitrogen functional groups attached to an aromatic ring is 1. The molecule has 6 heteroatoms. The summed E-state index contributed by atoms with van der Waals surface area (Å²) in [5.41, 5.74) is 6.33. The fourth-order valence-electron chi connectivity index (χ4n) is 1.88. The fourth-order valence-corrected chi connectivity index (χ4v) is 2.08. The normalized spacial score (nSPS) is 16.3. The van der Waals surface area contributed by atoms with Gasteiger partial charge in [-0.1, -0.05) is 17.7 Å². The second kappa shape index (κ2) is 6.75. The van der Waals surface area contributed by atoms with E-state index < -0.39 is 5.97 Å². The zero-order valence-corrected chi connectivity index (χ0v) is 11.4. The second-order valence-corrected chi connectivity index (χ2v) is 4.68. The molecule has 5 nitrogen and oxygen atoms in total. The van der Waals surface area contributed by atoms with Crippen molar-refractivity contribution in [2.75, 3.05) is 45.2 Å². The lowest BCUT2D eigenvalue weighted by atomic mass is 10.2. The summed E-state index contributed by atoms with van der Waals surface area (Å²) in [6.45, 7) is 4.25. The van der Waals surface area contributed by atoms with E-state index in [-0.39, 0.29) is 5.02 Å². The molecule has 19 heavy (non-hydrogen) atoms. The molecule has 2 rings (SSSR count). The first-order chi connectivity index (χ1) is 9.18. The minimum absolute atomic E-state index is 0.249. The van der Waals surface area contributed by atoms with E-state index in [0.29, 0.717) is 24.4 Å². The van der Waals surface area contributed by atoms with Gasteiger partial charge in [0.15, 0.2) is 0 Å². The molecule has 1 saturated heterocycles. The second-order valence-electron chi connectivity index (χ2n) is 4.30. The van der Waals surface area contributed by atoms with Crippen LogP contribution < -0.4 is 5.73 Å². The van der Waals surface area contributed by atoms with Crippen LogP contribution in [0, 0.1) is 0 Å². The van der Waals surface area contributed by atoms with Gasteiger partial charge in [-0.05, 0) is 12.1 Å². The van der Waals surface area contributed by atoms with E-state index in [2.05, 4.69) is 4.90 Å². The number of anilines is 1. The number of morpholine rings is 1. The third-order valence-electron chi connectivity index (χ3n) is 2.99. The van der Waals surface area contributed by atoms with Crippen molar-refractivity contribution in [3.8, 4) is 0 Å². The number of rotatable bonds is 4. The summed E-state index contributed by atoms with van der Waals surface area (Å²) in [5, 5.41) is 0.249. The predicted molar refractivity (Wildman–Crippen MR) is 73.4 cm³/mol. The van der Waals surface area contributed by atoms with Gasteiger partial charge in [-0.2, -0.15) is 0 Å². The first kappa shape index (κ1) is 14.1. The van der Waals surface area contributed by atoms with Crippen molar-refractivity contribution >= 4 is 23.3 Å². The van der Waals surface area contributed by atoms with Crippen LogP contribution in [0.2, 0.25) is 5.02 Å². The SMILES string of the molecule is Nc1cccc(C(=O)OCCN2CCOCC2)c1Cl. The highest BCUT2D eigenvalue weighted by molar-refractivity contribution is 6.36. The van der Waals surface area contributed by atoms with Crippen LogP contribution in [0.25, 0.3) is 0 Å². The Morgan fingerprint density at radius 2 is 2.16 bits per heavy atom. The first-order valence-corrected chi connectivity index (χ1v) is 6.57. The molecule has 0 aromatic heterocycles. The van der Waals surface area contributed by atoms with Gasteiger partial charge in [0.05, 0.1) is 29.5 Å². The topological polar surface area (TPSA) is 64.8 Å². The maximum absolute atomic E-state index is 11.9. The number of hydrogen-bond donors (Lipinski definition) is 1. The van der Waals surface area contributed by atoms with E-state index in [1.54, 1.807) is 18.2 Å². The lowest BCUT2D eigenvalue weighted by Gasteiger charge is -2.26. The number of benzene rings is 1. The number of carbonyl (C=O) groups is 1. The largest absolute Gasteiger partial charge is 0.461 e. The van der Waals surface area contributed by atoms with E-state index in [0.717, 1.165) is 26.3 Å². The van der Waals surface area contributed by atoms with Crippen LogP contribution in [-0.4, -0.2) is 50.3 Å². The van der Waals surface area contributed by atoms with E-state index in [1.807, 2.05) is 0 Å². The molecule has 0 aliphatic carbocycles. The Morgan fingerprint density at radius 1 is 1.42 bits per heavy atom. The summed E-state index contributed by atoms with van der Waals surface area (Å²) in [4.78, 5) is 14.0. The number of halogens is 1. The Morgan fingerprint density at radius 3 is 2.89 bits per heavy atom. The summed E-state index contributed by atoms with van der Waals surface area (Å²) < 4.78 is 10.4. The van der Waals surface area contributed by atoms with Gasteiger partial charge in [0.2, 0.25) is 0 Å². The molecule has 1 aliphatic rings. The Hall–Kier alpha value is -1.30. The van der Waals surface area contributed by atoms with Gasteiger partial charge in [-0.15, -0.1) is 0 Å². The number of carbonyl (C=O) groups excluding carboxylic acids is 1. The van der Waals surface area contributed by atoms with Gasteiger partial charge in [0.1, 0.15) is 6.61 Å². The summed E-state index contributed by atoms with van der Waals surface area (Å²) in [6, 6.07) is 4.93. The van der Waals surface area contributed by atoms with Crippen molar-refractivity contribution in [1.82, 2.24) is 4.90 Å². The quantitative estimate of drug-likeness (QED) is 0.669. The minimum Gasteiger partial charge on any atom is -0.461 e. The maximum Gasteiger partial charge on any atom is 0.339 e. The lowest BCUT2D eigenvalue weighted by molar-refractivity contribution is 0.0195. The highest BCUT2D eigenvalue weighted by Gasteiger charge is 2.15. The van der Waals surface area contributed by atoms with Crippen LogP contribution in [0.5, 0.6) is 0 Å². The van der Waals surface area contributed by atoms with Crippen LogP contribution in [0.3, 0.4) is 0 Å². The van der Waals surface area contributed by atoms with Gasteiger partial charge in [-0.25, -0.2) is 4.79 Å². The van der Waals surface area contributed by atoms with Gasteiger partial charge < -0.3 is 15.2 Å². The molecule has 0 saturated carbocycles.